The van der Waals surface area contributed by atoms with E-state index < -0.39 is 0 Å². The van der Waals surface area contributed by atoms with Crippen LogP contribution in [0.15, 0.2) is 75.9 Å². The summed E-state index contributed by atoms with van der Waals surface area (Å²) in [7, 11) is 0. The van der Waals surface area contributed by atoms with E-state index >= 15 is 0 Å². The Balaban J connectivity index is 1.36. The molecular formula is C23H22N2O3. The van der Waals surface area contributed by atoms with E-state index in [2.05, 4.69) is 29.6 Å². The third-order valence-corrected chi connectivity index (χ3v) is 5.01. The van der Waals surface area contributed by atoms with Crippen molar-refractivity contribution in [2.75, 3.05) is 0 Å². The van der Waals surface area contributed by atoms with Crippen LogP contribution in [0.1, 0.15) is 31.4 Å². The van der Waals surface area contributed by atoms with Crippen LogP contribution >= 0.6 is 0 Å². The third kappa shape index (κ3) is 3.69. The van der Waals surface area contributed by atoms with E-state index in [0.717, 1.165) is 16.5 Å². The Hall–Kier alpha value is -3.34. The molecule has 4 aromatic rings. The molecule has 3 aromatic carbocycles. The van der Waals surface area contributed by atoms with Crippen LogP contribution in [0.25, 0.3) is 21.9 Å². The Morgan fingerprint density at radius 1 is 1.04 bits per heavy atom. The molecule has 0 saturated carbocycles. The minimum Gasteiger partial charge on any atom is -0.408 e. The number of benzene rings is 3. The van der Waals surface area contributed by atoms with Gasteiger partial charge in [-0.15, -0.1) is 0 Å². The molecule has 0 saturated heterocycles. The van der Waals surface area contributed by atoms with Crippen molar-refractivity contribution in [3.63, 3.8) is 0 Å². The largest absolute Gasteiger partial charge is 0.419 e. The lowest BCUT2D eigenvalue weighted by Gasteiger charge is -2.15. The summed E-state index contributed by atoms with van der Waals surface area (Å²) in [5, 5.41) is 5.39. The second-order valence-electron chi connectivity index (χ2n) is 6.99. The Morgan fingerprint density at radius 2 is 1.79 bits per heavy atom. The molecule has 0 spiro atoms. The van der Waals surface area contributed by atoms with E-state index in [-0.39, 0.29) is 17.7 Å². The van der Waals surface area contributed by atoms with Crippen molar-refractivity contribution in [3.8, 4) is 0 Å². The Kier molecular flexibility index (Phi) is 4.98. The lowest BCUT2D eigenvalue weighted by molar-refractivity contribution is -0.121. The van der Waals surface area contributed by atoms with Crippen LogP contribution in [-0.2, 0) is 11.3 Å². The molecule has 0 aliphatic carbocycles. The van der Waals surface area contributed by atoms with Crippen LogP contribution in [-0.4, -0.2) is 10.5 Å². The number of fused-ring (bicyclic) bond motifs is 2. The quantitative estimate of drug-likeness (QED) is 0.544. The number of para-hydroxylation sites is 2. The molecule has 1 N–H and O–H groups in total. The molecule has 28 heavy (non-hydrogen) atoms. The summed E-state index contributed by atoms with van der Waals surface area (Å²) in [5.74, 6) is -0.410. The van der Waals surface area contributed by atoms with Gasteiger partial charge in [-0.2, -0.15) is 0 Å². The van der Waals surface area contributed by atoms with Crippen molar-refractivity contribution in [1.82, 2.24) is 9.88 Å². The highest BCUT2D eigenvalue weighted by Gasteiger charge is 2.12. The van der Waals surface area contributed by atoms with Crippen LogP contribution in [0.3, 0.4) is 0 Å². The molecule has 0 fully saturated rings. The SMILES string of the molecule is CC(NC(=O)CCCn1c(=O)oc2ccccc21)c1ccc2ccccc2c1. The monoisotopic (exact) mass is 374 g/mol. The number of nitrogens with one attached hydrogen (secondary N) is 1. The Labute approximate surface area is 162 Å². The maximum absolute atomic E-state index is 12.3. The van der Waals surface area contributed by atoms with E-state index in [1.165, 1.54) is 5.39 Å². The first-order valence-electron chi connectivity index (χ1n) is 9.48. The second kappa shape index (κ2) is 7.72. The van der Waals surface area contributed by atoms with Gasteiger partial charge in [-0.05, 0) is 47.9 Å². The molecule has 0 aliphatic heterocycles. The second-order valence-corrected chi connectivity index (χ2v) is 6.99. The lowest BCUT2D eigenvalue weighted by Crippen LogP contribution is -2.27. The average Bonchev–Trinajstić information content (AvgIpc) is 3.03. The molecule has 1 atom stereocenters. The van der Waals surface area contributed by atoms with E-state index in [1.54, 1.807) is 10.6 Å². The number of hydrogen-bond acceptors (Lipinski definition) is 3. The number of amides is 1. The fourth-order valence-electron chi connectivity index (χ4n) is 3.50. The van der Waals surface area contributed by atoms with Gasteiger partial charge in [0, 0.05) is 13.0 Å². The first-order chi connectivity index (χ1) is 13.6. The van der Waals surface area contributed by atoms with E-state index in [9.17, 15) is 9.59 Å². The first kappa shape index (κ1) is 18.0. The van der Waals surface area contributed by atoms with Gasteiger partial charge in [0.15, 0.2) is 5.58 Å². The summed E-state index contributed by atoms with van der Waals surface area (Å²) in [6.45, 7) is 2.43. The third-order valence-electron chi connectivity index (χ3n) is 5.01. The summed E-state index contributed by atoms with van der Waals surface area (Å²) in [4.78, 5) is 24.3. The van der Waals surface area contributed by atoms with E-state index in [1.807, 2.05) is 43.3 Å². The summed E-state index contributed by atoms with van der Waals surface area (Å²) in [6, 6.07) is 21.6. The minimum atomic E-state index is -0.383. The standard InChI is InChI=1S/C23H22N2O3/c1-16(18-13-12-17-7-2-3-8-19(17)15-18)24-22(26)11-6-14-25-20-9-4-5-10-21(20)28-23(25)27/h2-5,7-10,12-13,15-16H,6,11,14H2,1H3,(H,24,26). The summed E-state index contributed by atoms with van der Waals surface area (Å²) in [6.07, 6.45) is 0.920. The highest BCUT2D eigenvalue weighted by molar-refractivity contribution is 5.83. The topological polar surface area (TPSA) is 64.2 Å². The number of aromatic nitrogens is 1. The van der Waals surface area contributed by atoms with Crippen LogP contribution in [0.2, 0.25) is 0 Å². The number of carbonyl (C=O) groups excluding carboxylic acids is 1. The maximum Gasteiger partial charge on any atom is 0.419 e. The van der Waals surface area contributed by atoms with Crippen molar-refractivity contribution >= 4 is 27.8 Å². The fourth-order valence-corrected chi connectivity index (χ4v) is 3.50. The molecule has 5 heteroatoms. The molecule has 4 rings (SSSR count). The maximum atomic E-state index is 12.3. The Bertz CT molecular complexity index is 1190. The lowest BCUT2D eigenvalue weighted by atomic mass is 10.0. The molecule has 0 radical (unpaired) electrons. The number of oxazole rings is 1. The van der Waals surface area contributed by atoms with Crippen LogP contribution in [0.4, 0.5) is 0 Å². The molecule has 1 unspecified atom stereocenters. The van der Waals surface area contributed by atoms with Gasteiger partial charge in [0.2, 0.25) is 5.91 Å². The Morgan fingerprint density at radius 3 is 2.64 bits per heavy atom. The molecule has 0 bridgehead atoms. The van der Waals surface area contributed by atoms with Crippen molar-refractivity contribution in [2.24, 2.45) is 0 Å². The van der Waals surface area contributed by atoms with Crippen LogP contribution in [0, 0.1) is 0 Å². The zero-order chi connectivity index (χ0) is 19.5. The molecule has 0 aliphatic rings. The summed E-state index contributed by atoms with van der Waals surface area (Å²) in [5.41, 5.74) is 2.41. The zero-order valence-electron chi connectivity index (χ0n) is 15.7. The molecule has 142 valence electrons. The molecule has 5 nitrogen and oxygen atoms in total. The van der Waals surface area contributed by atoms with Gasteiger partial charge in [-0.25, -0.2) is 4.79 Å². The van der Waals surface area contributed by atoms with Gasteiger partial charge in [-0.1, -0.05) is 48.5 Å². The van der Waals surface area contributed by atoms with Gasteiger partial charge in [0.05, 0.1) is 11.6 Å². The van der Waals surface area contributed by atoms with E-state index in [0.29, 0.717) is 25.0 Å². The zero-order valence-corrected chi connectivity index (χ0v) is 15.7. The van der Waals surface area contributed by atoms with Crippen LogP contribution in [0.5, 0.6) is 0 Å². The summed E-state index contributed by atoms with van der Waals surface area (Å²) >= 11 is 0. The molecule has 1 amide bonds. The van der Waals surface area contributed by atoms with Gasteiger partial charge in [0.25, 0.3) is 0 Å². The number of aryl methyl sites for hydroxylation is 1. The van der Waals surface area contributed by atoms with Crippen molar-refractivity contribution in [1.29, 1.82) is 0 Å². The summed E-state index contributed by atoms with van der Waals surface area (Å²) < 4.78 is 6.80. The van der Waals surface area contributed by atoms with Gasteiger partial charge in [-0.3, -0.25) is 9.36 Å². The van der Waals surface area contributed by atoms with Crippen molar-refractivity contribution in [3.05, 3.63) is 82.8 Å². The minimum absolute atomic E-state index is 0.0264. The smallest absolute Gasteiger partial charge is 0.408 e. The molecular weight excluding hydrogens is 352 g/mol. The van der Waals surface area contributed by atoms with Crippen molar-refractivity contribution in [2.45, 2.75) is 32.4 Å². The van der Waals surface area contributed by atoms with Crippen molar-refractivity contribution < 1.29 is 9.21 Å². The van der Waals surface area contributed by atoms with Gasteiger partial charge < -0.3 is 9.73 Å². The predicted octanol–water partition coefficient (Wildman–Crippen LogP) is 4.41. The molecule has 1 aromatic heterocycles. The average molecular weight is 374 g/mol. The fraction of sp³-hybridized carbons (Fsp3) is 0.217. The first-order valence-corrected chi connectivity index (χ1v) is 9.48. The van der Waals surface area contributed by atoms with Crippen LogP contribution < -0.4 is 11.1 Å². The van der Waals surface area contributed by atoms with Gasteiger partial charge in [0.1, 0.15) is 0 Å². The number of rotatable bonds is 6. The van der Waals surface area contributed by atoms with Gasteiger partial charge >= 0.3 is 5.76 Å². The number of hydrogen-bond donors (Lipinski definition) is 1. The number of nitrogens with zero attached hydrogens (tertiary/aromatic N) is 1. The highest BCUT2D eigenvalue weighted by Crippen LogP contribution is 2.20. The van der Waals surface area contributed by atoms with E-state index in [4.69, 9.17) is 4.42 Å². The normalized spacial score (nSPS) is 12.3. The molecule has 1 heterocycles. The number of carbonyl (C=O) groups is 1. The highest BCUT2D eigenvalue weighted by atomic mass is 16.4. The predicted molar refractivity (Wildman–Crippen MR) is 110 cm³/mol.